The molecule has 7 nitrogen and oxygen atoms in total. The molecule has 124 valence electrons. The molecule has 2 N–H and O–H groups in total. The summed E-state index contributed by atoms with van der Waals surface area (Å²) in [5, 5.41) is 24.0. The summed E-state index contributed by atoms with van der Waals surface area (Å²) < 4.78 is 7.04. The molecule has 0 aliphatic carbocycles. The van der Waals surface area contributed by atoms with Gasteiger partial charge in [0.05, 0.1) is 13.7 Å². The Morgan fingerprint density at radius 1 is 1.12 bits per heavy atom. The zero-order chi connectivity index (χ0) is 16.9. The van der Waals surface area contributed by atoms with Crippen LogP contribution in [0.1, 0.15) is 17.0 Å². The van der Waals surface area contributed by atoms with Crippen LogP contribution in [-0.2, 0) is 13.2 Å². The van der Waals surface area contributed by atoms with Crippen LogP contribution in [0.3, 0.4) is 0 Å². The highest BCUT2D eigenvalue weighted by Crippen LogP contribution is 2.26. The van der Waals surface area contributed by atoms with Crippen LogP contribution in [0.25, 0.3) is 5.69 Å². The minimum absolute atomic E-state index is 0.0564. The number of anilines is 1. The van der Waals surface area contributed by atoms with Crippen LogP contribution >= 0.6 is 0 Å². The van der Waals surface area contributed by atoms with Crippen LogP contribution < -0.4 is 10.1 Å². The van der Waals surface area contributed by atoms with E-state index in [-0.39, 0.29) is 6.61 Å². The first-order chi connectivity index (χ1) is 11.7. The summed E-state index contributed by atoms with van der Waals surface area (Å²) in [6.07, 6.45) is 0. The third-order valence-electron chi connectivity index (χ3n) is 3.73. The van der Waals surface area contributed by atoms with E-state index >= 15 is 0 Å². The van der Waals surface area contributed by atoms with Crippen molar-refractivity contribution < 1.29 is 9.84 Å². The molecule has 0 amide bonds. The van der Waals surface area contributed by atoms with Crippen molar-refractivity contribution in [3.8, 4) is 11.4 Å². The van der Waals surface area contributed by atoms with E-state index in [0.717, 1.165) is 22.5 Å². The lowest BCUT2D eigenvalue weighted by Gasteiger charge is -2.12. The molecule has 0 atom stereocenters. The molecule has 2 aromatic carbocycles. The van der Waals surface area contributed by atoms with E-state index in [2.05, 4.69) is 20.8 Å². The van der Waals surface area contributed by atoms with Crippen LogP contribution in [0.4, 0.5) is 5.69 Å². The monoisotopic (exact) mass is 325 g/mol. The lowest BCUT2D eigenvalue weighted by Crippen LogP contribution is -2.05. The minimum Gasteiger partial charge on any atom is -0.494 e. The first-order valence-corrected chi connectivity index (χ1v) is 7.57. The second-order valence-electron chi connectivity index (χ2n) is 5.35. The second-order valence-corrected chi connectivity index (χ2v) is 5.35. The minimum atomic E-state index is 0.0564. The van der Waals surface area contributed by atoms with Gasteiger partial charge in [0.1, 0.15) is 11.4 Å². The Morgan fingerprint density at radius 3 is 2.50 bits per heavy atom. The molecule has 1 aromatic heterocycles. The highest BCUT2D eigenvalue weighted by atomic mass is 16.5. The maximum Gasteiger partial charge on any atom is 0.153 e. The summed E-state index contributed by atoms with van der Waals surface area (Å²) in [7, 11) is 1.62. The number of nitrogens with zero attached hydrogens (tertiary/aromatic N) is 4. The first-order valence-electron chi connectivity index (χ1n) is 7.57. The van der Waals surface area contributed by atoms with Crippen molar-refractivity contribution >= 4 is 5.69 Å². The van der Waals surface area contributed by atoms with Crippen molar-refractivity contribution in [2.24, 2.45) is 0 Å². The van der Waals surface area contributed by atoms with Gasteiger partial charge >= 0.3 is 0 Å². The average Bonchev–Trinajstić information content (AvgIpc) is 3.06. The third-order valence-corrected chi connectivity index (χ3v) is 3.73. The van der Waals surface area contributed by atoms with Gasteiger partial charge in [-0.3, -0.25) is 0 Å². The number of aliphatic hydroxyl groups is 1. The number of benzene rings is 2. The smallest absolute Gasteiger partial charge is 0.153 e. The van der Waals surface area contributed by atoms with E-state index < -0.39 is 0 Å². The highest BCUT2D eigenvalue weighted by Gasteiger charge is 2.11. The predicted octanol–water partition coefficient (Wildman–Crippen LogP) is 2.08. The molecule has 0 bridgehead atoms. The van der Waals surface area contributed by atoms with Crippen molar-refractivity contribution in [3.05, 3.63) is 59.4 Å². The molecule has 0 unspecified atom stereocenters. The lowest BCUT2D eigenvalue weighted by molar-refractivity contribution is 0.282. The van der Waals surface area contributed by atoms with Gasteiger partial charge in [0.25, 0.3) is 0 Å². The first kappa shape index (κ1) is 15.9. The number of ether oxygens (including phenoxy) is 1. The van der Waals surface area contributed by atoms with E-state index in [0.29, 0.717) is 18.1 Å². The van der Waals surface area contributed by atoms with Gasteiger partial charge in [-0.05, 0) is 46.7 Å². The molecule has 0 radical (unpaired) electrons. The fraction of sp³-hybridized carbons (Fsp3) is 0.235. The van der Waals surface area contributed by atoms with Gasteiger partial charge < -0.3 is 15.2 Å². The molecule has 0 saturated carbocycles. The lowest BCUT2D eigenvalue weighted by atomic mass is 10.1. The maximum absolute atomic E-state index is 9.08. The zero-order valence-corrected chi connectivity index (χ0v) is 13.6. The van der Waals surface area contributed by atoms with Gasteiger partial charge in [0, 0.05) is 12.2 Å². The molecular weight excluding hydrogens is 306 g/mol. The van der Waals surface area contributed by atoms with Crippen LogP contribution in [0, 0.1) is 6.92 Å². The Labute approximate surface area is 139 Å². The summed E-state index contributed by atoms with van der Waals surface area (Å²) in [6.45, 7) is 2.56. The Kier molecular flexibility index (Phi) is 4.72. The molecule has 3 aromatic rings. The molecule has 7 heteroatoms. The van der Waals surface area contributed by atoms with Gasteiger partial charge in [0.2, 0.25) is 0 Å². The second kappa shape index (κ2) is 7.10. The predicted molar refractivity (Wildman–Crippen MR) is 90.1 cm³/mol. The van der Waals surface area contributed by atoms with Crippen molar-refractivity contribution in [2.75, 3.05) is 12.4 Å². The number of aliphatic hydroxyl groups excluding tert-OH is 1. The normalized spacial score (nSPS) is 10.6. The number of aromatic nitrogens is 4. The molecule has 0 fully saturated rings. The molecule has 24 heavy (non-hydrogen) atoms. The third kappa shape index (κ3) is 3.36. The highest BCUT2D eigenvalue weighted by molar-refractivity contribution is 5.58. The molecule has 0 saturated heterocycles. The van der Waals surface area contributed by atoms with E-state index in [4.69, 9.17) is 9.84 Å². The van der Waals surface area contributed by atoms with E-state index in [1.165, 1.54) is 0 Å². The molecule has 0 aliphatic heterocycles. The van der Waals surface area contributed by atoms with E-state index in [1.54, 1.807) is 11.8 Å². The topological polar surface area (TPSA) is 85.1 Å². The van der Waals surface area contributed by atoms with Crippen LogP contribution in [0.5, 0.6) is 5.75 Å². The summed E-state index contributed by atoms with van der Waals surface area (Å²) in [5.74, 6) is 1.38. The summed E-state index contributed by atoms with van der Waals surface area (Å²) >= 11 is 0. The molecule has 3 rings (SSSR count). The van der Waals surface area contributed by atoms with E-state index in [1.807, 2.05) is 49.4 Å². The standard InChI is InChI=1S/C17H19N5O2/c1-12-19-20-21-22(12)16-9-15(7-8-17(16)24-2)18-10-13-3-5-14(11-23)6-4-13/h3-9,18,23H,10-11H2,1-2H3. The number of rotatable bonds is 6. The average molecular weight is 325 g/mol. The largest absolute Gasteiger partial charge is 0.494 e. The van der Waals surface area contributed by atoms with Crippen molar-refractivity contribution in [1.82, 2.24) is 20.2 Å². The Hall–Kier alpha value is -2.93. The number of hydrogen-bond acceptors (Lipinski definition) is 6. The Bertz CT molecular complexity index is 814. The molecular formula is C17H19N5O2. The zero-order valence-electron chi connectivity index (χ0n) is 13.6. The summed E-state index contributed by atoms with van der Waals surface area (Å²) in [4.78, 5) is 0. The van der Waals surface area contributed by atoms with Crippen LogP contribution in [0.15, 0.2) is 42.5 Å². The van der Waals surface area contributed by atoms with Gasteiger partial charge in [-0.1, -0.05) is 24.3 Å². The van der Waals surface area contributed by atoms with Gasteiger partial charge in [-0.15, -0.1) is 5.10 Å². The van der Waals surface area contributed by atoms with Crippen molar-refractivity contribution in [1.29, 1.82) is 0 Å². The molecule has 0 aliphatic rings. The van der Waals surface area contributed by atoms with Gasteiger partial charge in [0.15, 0.2) is 5.82 Å². The fourth-order valence-electron chi connectivity index (χ4n) is 2.39. The molecule has 0 spiro atoms. The number of tetrazole rings is 1. The number of nitrogens with one attached hydrogen (secondary N) is 1. The fourth-order valence-corrected chi connectivity index (χ4v) is 2.39. The number of hydrogen-bond donors (Lipinski definition) is 2. The summed E-state index contributed by atoms with van der Waals surface area (Å²) in [6, 6.07) is 13.6. The van der Waals surface area contributed by atoms with Crippen LogP contribution in [-0.4, -0.2) is 32.4 Å². The van der Waals surface area contributed by atoms with Crippen molar-refractivity contribution in [3.63, 3.8) is 0 Å². The van der Waals surface area contributed by atoms with Gasteiger partial charge in [-0.25, -0.2) is 0 Å². The van der Waals surface area contributed by atoms with Crippen molar-refractivity contribution in [2.45, 2.75) is 20.1 Å². The Morgan fingerprint density at radius 2 is 1.88 bits per heavy atom. The van der Waals surface area contributed by atoms with Crippen LogP contribution in [0.2, 0.25) is 0 Å². The number of aryl methyl sites for hydroxylation is 1. The summed E-state index contributed by atoms with van der Waals surface area (Å²) in [5.41, 5.74) is 3.75. The maximum atomic E-state index is 9.08. The van der Waals surface area contributed by atoms with E-state index in [9.17, 15) is 0 Å². The number of methoxy groups -OCH3 is 1. The quantitative estimate of drug-likeness (QED) is 0.722. The molecule has 1 heterocycles. The Balaban J connectivity index is 1.80. The SMILES string of the molecule is COc1ccc(NCc2ccc(CO)cc2)cc1-n1nnnc1C. The van der Waals surface area contributed by atoms with Gasteiger partial charge in [-0.2, -0.15) is 4.68 Å².